The standard InChI is InChI=1S/C16H10ClFN2O/c17-14-8-11(4-5-15(14)18)20-16(21)12-3-1-2-10-6-7-19-9-13(10)12/h1-9H,(H,20,21). The Bertz CT molecular complexity index is 830. The molecule has 21 heavy (non-hydrogen) atoms. The maximum Gasteiger partial charge on any atom is 0.256 e. The van der Waals surface area contributed by atoms with Crippen molar-refractivity contribution in [3.05, 3.63) is 71.3 Å². The van der Waals surface area contributed by atoms with E-state index < -0.39 is 5.82 Å². The van der Waals surface area contributed by atoms with Gasteiger partial charge in [-0.05, 0) is 35.7 Å². The van der Waals surface area contributed by atoms with Crippen molar-refractivity contribution in [3.63, 3.8) is 0 Å². The van der Waals surface area contributed by atoms with Crippen LogP contribution in [0.4, 0.5) is 10.1 Å². The fraction of sp³-hybridized carbons (Fsp3) is 0. The summed E-state index contributed by atoms with van der Waals surface area (Å²) in [7, 11) is 0. The molecule has 0 spiro atoms. The third kappa shape index (κ3) is 2.71. The Balaban J connectivity index is 1.95. The van der Waals surface area contributed by atoms with Gasteiger partial charge in [-0.25, -0.2) is 4.39 Å². The van der Waals surface area contributed by atoms with Gasteiger partial charge in [0, 0.05) is 29.0 Å². The number of carbonyl (C=O) groups is 1. The Morgan fingerprint density at radius 1 is 1.19 bits per heavy atom. The van der Waals surface area contributed by atoms with Gasteiger partial charge >= 0.3 is 0 Å². The van der Waals surface area contributed by atoms with Crippen molar-refractivity contribution >= 4 is 34.0 Å². The van der Waals surface area contributed by atoms with Gasteiger partial charge in [0.1, 0.15) is 5.82 Å². The van der Waals surface area contributed by atoms with Crippen LogP contribution in [0, 0.1) is 5.82 Å². The predicted molar refractivity (Wildman–Crippen MR) is 81.1 cm³/mol. The summed E-state index contributed by atoms with van der Waals surface area (Å²) in [6.45, 7) is 0. The molecule has 0 aliphatic rings. The Morgan fingerprint density at radius 2 is 2.05 bits per heavy atom. The summed E-state index contributed by atoms with van der Waals surface area (Å²) in [4.78, 5) is 16.4. The average molecular weight is 301 g/mol. The third-order valence-electron chi connectivity index (χ3n) is 3.11. The fourth-order valence-corrected chi connectivity index (χ4v) is 2.26. The lowest BCUT2D eigenvalue weighted by Gasteiger charge is -2.08. The summed E-state index contributed by atoms with van der Waals surface area (Å²) >= 11 is 5.70. The number of nitrogens with zero attached hydrogens (tertiary/aromatic N) is 1. The number of amides is 1. The molecule has 1 heterocycles. The van der Waals surface area contributed by atoms with E-state index in [2.05, 4.69) is 10.3 Å². The van der Waals surface area contributed by atoms with E-state index >= 15 is 0 Å². The van der Waals surface area contributed by atoms with Gasteiger partial charge in [-0.1, -0.05) is 23.7 Å². The van der Waals surface area contributed by atoms with Gasteiger partial charge < -0.3 is 5.32 Å². The van der Waals surface area contributed by atoms with E-state index in [1.54, 1.807) is 24.5 Å². The molecule has 104 valence electrons. The molecule has 0 fully saturated rings. The summed E-state index contributed by atoms with van der Waals surface area (Å²) in [6.07, 6.45) is 3.31. The minimum Gasteiger partial charge on any atom is -0.322 e. The first kappa shape index (κ1) is 13.5. The van der Waals surface area contributed by atoms with E-state index in [1.165, 1.54) is 18.2 Å². The second-order valence-electron chi connectivity index (χ2n) is 4.49. The molecule has 0 saturated carbocycles. The molecule has 2 aromatic carbocycles. The molecule has 5 heteroatoms. The van der Waals surface area contributed by atoms with Crippen molar-refractivity contribution < 1.29 is 9.18 Å². The zero-order chi connectivity index (χ0) is 14.8. The van der Waals surface area contributed by atoms with Gasteiger partial charge in [0.25, 0.3) is 5.91 Å². The number of carbonyl (C=O) groups excluding carboxylic acids is 1. The van der Waals surface area contributed by atoms with Crippen LogP contribution < -0.4 is 5.32 Å². The molecule has 0 unspecified atom stereocenters. The minimum absolute atomic E-state index is 0.0348. The number of halogens is 2. The van der Waals surface area contributed by atoms with Crippen molar-refractivity contribution in [3.8, 4) is 0 Å². The van der Waals surface area contributed by atoms with Crippen molar-refractivity contribution in [2.45, 2.75) is 0 Å². The van der Waals surface area contributed by atoms with Gasteiger partial charge in [-0.2, -0.15) is 0 Å². The zero-order valence-corrected chi connectivity index (χ0v) is 11.6. The molecule has 0 radical (unpaired) electrons. The normalized spacial score (nSPS) is 10.6. The molecule has 0 aliphatic heterocycles. The van der Waals surface area contributed by atoms with Crippen LogP contribution in [0.15, 0.2) is 54.9 Å². The van der Waals surface area contributed by atoms with E-state index in [-0.39, 0.29) is 10.9 Å². The SMILES string of the molecule is O=C(Nc1ccc(F)c(Cl)c1)c1cccc2ccncc12. The van der Waals surface area contributed by atoms with Crippen LogP contribution in [0.25, 0.3) is 10.8 Å². The highest BCUT2D eigenvalue weighted by molar-refractivity contribution is 6.31. The number of pyridine rings is 1. The highest BCUT2D eigenvalue weighted by Gasteiger charge is 2.11. The average Bonchev–Trinajstić information content (AvgIpc) is 2.50. The molecule has 3 rings (SSSR count). The van der Waals surface area contributed by atoms with Crippen LogP contribution >= 0.6 is 11.6 Å². The second kappa shape index (κ2) is 5.50. The Morgan fingerprint density at radius 3 is 2.86 bits per heavy atom. The molecule has 0 saturated heterocycles. The largest absolute Gasteiger partial charge is 0.322 e. The monoisotopic (exact) mass is 300 g/mol. The van der Waals surface area contributed by atoms with E-state index in [0.29, 0.717) is 11.3 Å². The Kier molecular flexibility index (Phi) is 3.54. The summed E-state index contributed by atoms with van der Waals surface area (Å²) in [6, 6.07) is 11.3. The van der Waals surface area contributed by atoms with Gasteiger partial charge in [0.05, 0.1) is 5.02 Å². The number of anilines is 1. The van der Waals surface area contributed by atoms with Crippen LogP contribution in [0.5, 0.6) is 0 Å². The third-order valence-corrected chi connectivity index (χ3v) is 3.40. The van der Waals surface area contributed by atoms with E-state index in [9.17, 15) is 9.18 Å². The first-order chi connectivity index (χ1) is 10.1. The number of aromatic nitrogens is 1. The van der Waals surface area contributed by atoms with E-state index in [0.717, 1.165) is 10.8 Å². The summed E-state index contributed by atoms with van der Waals surface area (Å²) < 4.78 is 13.1. The summed E-state index contributed by atoms with van der Waals surface area (Å²) in [5.41, 5.74) is 0.938. The molecule has 0 aliphatic carbocycles. The van der Waals surface area contributed by atoms with Crippen molar-refractivity contribution in [1.29, 1.82) is 0 Å². The lowest BCUT2D eigenvalue weighted by molar-refractivity contribution is 0.102. The first-order valence-corrected chi connectivity index (χ1v) is 6.62. The molecule has 0 bridgehead atoms. The van der Waals surface area contributed by atoms with Crippen LogP contribution in [0.3, 0.4) is 0 Å². The smallest absolute Gasteiger partial charge is 0.256 e. The molecular formula is C16H10ClFN2O. The van der Waals surface area contributed by atoms with Crippen LogP contribution in [-0.4, -0.2) is 10.9 Å². The molecule has 3 nitrogen and oxygen atoms in total. The second-order valence-corrected chi connectivity index (χ2v) is 4.89. The maximum absolute atomic E-state index is 13.1. The summed E-state index contributed by atoms with van der Waals surface area (Å²) in [5, 5.41) is 4.35. The minimum atomic E-state index is -0.524. The first-order valence-electron chi connectivity index (χ1n) is 6.24. The lowest BCUT2D eigenvalue weighted by atomic mass is 10.1. The molecular weight excluding hydrogens is 291 g/mol. The number of rotatable bonds is 2. The lowest BCUT2D eigenvalue weighted by Crippen LogP contribution is -2.12. The van der Waals surface area contributed by atoms with E-state index in [1.807, 2.05) is 12.1 Å². The number of hydrogen-bond donors (Lipinski definition) is 1. The van der Waals surface area contributed by atoms with Crippen molar-refractivity contribution in [1.82, 2.24) is 4.98 Å². The highest BCUT2D eigenvalue weighted by atomic mass is 35.5. The molecule has 1 aromatic heterocycles. The Labute approximate surface area is 125 Å². The van der Waals surface area contributed by atoms with Gasteiger partial charge in [-0.15, -0.1) is 0 Å². The highest BCUT2D eigenvalue weighted by Crippen LogP contribution is 2.22. The molecule has 1 amide bonds. The van der Waals surface area contributed by atoms with Crippen molar-refractivity contribution in [2.75, 3.05) is 5.32 Å². The van der Waals surface area contributed by atoms with Crippen LogP contribution in [0.1, 0.15) is 10.4 Å². The maximum atomic E-state index is 13.1. The Hall–Kier alpha value is -2.46. The fourth-order valence-electron chi connectivity index (χ4n) is 2.08. The van der Waals surface area contributed by atoms with Gasteiger partial charge in [-0.3, -0.25) is 9.78 Å². The number of hydrogen-bond acceptors (Lipinski definition) is 2. The molecule has 1 N–H and O–H groups in total. The van der Waals surface area contributed by atoms with Gasteiger partial charge in [0.2, 0.25) is 0 Å². The van der Waals surface area contributed by atoms with E-state index in [4.69, 9.17) is 11.6 Å². The molecule has 3 aromatic rings. The zero-order valence-electron chi connectivity index (χ0n) is 10.8. The van der Waals surface area contributed by atoms with Crippen LogP contribution in [0.2, 0.25) is 5.02 Å². The number of benzene rings is 2. The molecule has 0 atom stereocenters. The van der Waals surface area contributed by atoms with Gasteiger partial charge in [0.15, 0.2) is 0 Å². The van der Waals surface area contributed by atoms with Crippen LogP contribution in [-0.2, 0) is 0 Å². The topological polar surface area (TPSA) is 42.0 Å². The quantitative estimate of drug-likeness (QED) is 0.767. The predicted octanol–water partition coefficient (Wildman–Crippen LogP) is 4.28. The summed E-state index contributed by atoms with van der Waals surface area (Å²) in [5.74, 6) is -0.819. The number of nitrogens with one attached hydrogen (secondary N) is 1. The van der Waals surface area contributed by atoms with Crippen molar-refractivity contribution in [2.24, 2.45) is 0 Å². The number of fused-ring (bicyclic) bond motifs is 1.